The lowest BCUT2D eigenvalue weighted by Crippen LogP contribution is -2.43. The average Bonchev–Trinajstić information content (AvgIpc) is 2.97. The first-order valence-corrected chi connectivity index (χ1v) is 10.3. The van der Waals surface area contributed by atoms with Crippen molar-refractivity contribution in [2.24, 2.45) is 11.7 Å². The van der Waals surface area contributed by atoms with Crippen LogP contribution in [0, 0.1) is 5.92 Å². The molecule has 7 nitrogen and oxygen atoms in total. The monoisotopic (exact) mass is 398 g/mol. The van der Waals surface area contributed by atoms with Gasteiger partial charge in [0.05, 0.1) is 23.9 Å². The summed E-state index contributed by atoms with van der Waals surface area (Å²) >= 11 is 0. The summed E-state index contributed by atoms with van der Waals surface area (Å²) in [5, 5.41) is 0. The number of esters is 1. The molecule has 3 atom stereocenters. The summed E-state index contributed by atoms with van der Waals surface area (Å²) in [6.45, 7) is 15.2. The highest BCUT2D eigenvalue weighted by Crippen LogP contribution is 2.38. The predicted octanol–water partition coefficient (Wildman–Crippen LogP) is 2.43. The van der Waals surface area contributed by atoms with Crippen molar-refractivity contribution >= 4 is 13.1 Å². The van der Waals surface area contributed by atoms with Gasteiger partial charge in [-0.2, -0.15) is 0 Å². The number of methoxy groups -OCH3 is 1. The van der Waals surface area contributed by atoms with Crippen molar-refractivity contribution in [3.8, 4) is 0 Å². The zero-order valence-electron chi connectivity index (χ0n) is 18.9. The van der Waals surface area contributed by atoms with E-state index < -0.39 is 0 Å². The van der Waals surface area contributed by atoms with E-state index in [4.69, 9.17) is 24.5 Å². The van der Waals surface area contributed by atoms with Crippen LogP contribution >= 0.6 is 0 Å². The van der Waals surface area contributed by atoms with Crippen LogP contribution < -0.4 is 5.73 Å². The molecule has 2 rings (SSSR count). The summed E-state index contributed by atoms with van der Waals surface area (Å²) < 4.78 is 23.1. The van der Waals surface area contributed by atoms with Gasteiger partial charge < -0.3 is 24.5 Å². The summed E-state index contributed by atoms with van der Waals surface area (Å²) in [6, 6.07) is -0.466. The van der Waals surface area contributed by atoms with Gasteiger partial charge in [0.2, 0.25) is 0 Å². The third-order valence-corrected chi connectivity index (χ3v) is 6.18. The number of ether oxygens (including phenoxy) is 2. The summed E-state index contributed by atoms with van der Waals surface area (Å²) in [7, 11) is 1.20. The molecule has 0 aliphatic carbocycles. The summed E-state index contributed by atoms with van der Waals surface area (Å²) in [4.78, 5) is 14.5. The molecule has 28 heavy (non-hydrogen) atoms. The van der Waals surface area contributed by atoms with Gasteiger partial charge >= 0.3 is 13.1 Å². The van der Waals surface area contributed by atoms with Crippen LogP contribution in [0.4, 0.5) is 0 Å². The largest absolute Gasteiger partial charge is 0.468 e. The van der Waals surface area contributed by atoms with Gasteiger partial charge in [0.15, 0.2) is 0 Å². The number of nitrogens with two attached hydrogens (primary N) is 1. The van der Waals surface area contributed by atoms with E-state index in [1.807, 2.05) is 25.7 Å². The molecule has 0 amide bonds. The maximum absolute atomic E-state index is 12.5. The topological polar surface area (TPSA) is 83.2 Å². The Labute approximate surface area is 170 Å². The van der Waals surface area contributed by atoms with Crippen molar-refractivity contribution < 1.29 is 23.6 Å². The van der Waals surface area contributed by atoms with Crippen LogP contribution in [0.1, 0.15) is 61.3 Å². The van der Waals surface area contributed by atoms with Gasteiger partial charge in [0, 0.05) is 18.5 Å². The van der Waals surface area contributed by atoms with Crippen molar-refractivity contribution in [3.05, 3.63) is 0 Å². The minimum Gasteiger partial charge on any atom is -0.468 e. The van der Waals surface area contributed by atoms with Crippen LogP contribution in [0.15, 0.2) is 0 Å². The Hall–Kier alpha value is -0.665. The molecule has 162 valence electrons. The molecule has 2 heterocycles. The Balaban J connectivity index is 1.94. The fraction of sp³-hybridized carbons (Fsp3) is 0.950. The van der Waals surface area contributed by atoms with Crippen LogP contribution in [0.5, 0.6) is 0 Å². The van der Waals surface area contributed by atoms with E-state index in [9.17, 15) is 4.79 Å². The zero-order valence-corrected chi connectivity index (χ0v) is 18.9. The predicted molar refractivity (Wildman–Crippen MR) is 110 cm³/mol. The lowest BCUT2D eigenvalue weighted by Gasteiger charge is -2.32. The molecule has 0 aromatic carbocycles. The molecule has 0 saturated carbocycles. The highest BCUT2D eigenvalue weighted by Gasteiger charge is 2.51. The zero-order chi connectivity index (χ0) is 21.3. The number of hydrogen-bond acceptors (Lipinski definition) is 7. The summed E-state index contributed by atoms with van der Waals surface area (Å²) in [6.07, 6.45) is 2.47. The van der Waals surface area contributed by atoms with Crippen molar-refractivity contribution in [1.82, 2.24) is 4.90 Å². The standard InChI is InChI=1S/C20H39BN2O5/c1-18(2,3)26-13-23-12-15(22)14(16(23)17(24)25-8)10-9-11-21-27-19(4,5)20(6,7)28-21/h14-16H,9-13,22H2,1-8H3/t14?,15?,16-/m0/s1. The molecular weight excluding hydrogens is 359 g/mol. The number of carbonyl (C=O) groups excluding carboxylic acids is 1. The van der Waals surface area contributed by atoms with Crippen molar-refractivity contribution in [2.75, 3.05) is 20.4 Å². The van der Waals surface area contributed by atoms with E-state index in [1.54, 1.807) is 0 Å². The van der Waals surface area contributed by atoms with Crippen molar-refractivity contribution in [3.63, 3.8) is 0 Å². The first kappa shape index (κ1) is 23.6. The molecule has 0 spiro atoms. The molecular formula is C20H39BN2O5. The van der Waals surface area contributed by atoms with Crippen LogP contribution in [0.25, 0.3) is 0 Å². The molecule has 2 unspecified atom stereocenters. The minimum atomic E-state index is -0.374. The summed E-state index contributed by atoms with van der Waals surface area (Å²) in [5.41, 5.74) is 5.48. The number of carbonyl (C=O) groups is 1. The van der Waals surface area contributed by atoms with E-state index in [2.05, 4.69) is 27.7 Å². The Bertz CT molecular complexity index is 533. The Morgan fingerprint density at radius 3 is 2.29 bits per heavy atom. The number of rotatable bonds is 7. The second-order valence-electron chi connectivity index (χ2n) is 10.1. The molecule has 2 fully saturated rings. The van der Waals surface area contributed by atoms with E-state index in [1.165, 1.54) is 7.11 Å². The quantitative estimate of drug-likeness (QED) is 0.521. The third-order valence-electron chi connectivity index (χ3n) is 6.18. The molecule has 2 aliphatic rings. The van der Waals surface area contributed by atoms with E-state index in [0.29, 0.717) is 13.3 Å². The normalized spacial score (nSPS) is 30.0. The number of likely N-dealkylation sites (tertiary alicyclic amines) is 1. The Morgan fingerprint density at radius 2 is 1.79 bits per heavy atom. The second-order valence-corrected chi connectivity index (χ2v) is 10.1. The molecule has 2 N–H and O–H groups in total. The SMILES string of the molecule is COC(=O)[C@@H]1C(CCCB2OC(C)(C)C(C)(C)O2)C(N)CN1COC(C)(C)C. The first-order chi connectivity index (χ1) is 12.8. The smallest absolute Gasteiger partial charge is 0.457 e. The molecule has 2 saturated heterocycles. The molecule has 0 bridgehead atoms. The molecule has 0 aromatic heterocycles. The molecule has 0 aromatic rings. The van der Waals surface area contributed by atoms with Crippen LogP contribution in [0.2, 0.25) is 6.32 Å². The molecule has 2 aliphatic heterocycles. The minimum absolute atomic E-state index is 0.0263. The van der Waals surface area contributed by atoms with Gasteiger partial charge in [-0.15, -0.1) is 0 Å². The fourth-order valence-corrected chi connectivity index (χ4v) is 3.85. The van der Waals surface area contributed by atoms with Gasteiger partial charge in [-0.1, -0.05) is 6.42 Å². The number of nitrogens with zero attached hydrogens (tertiary/aromatic N) is 1. The van der Waals surface area contributed by atoms with Gasteiger partial charge in [0.1, 0.15) is 12.8 Å². The van der Waals surface area contributed by atoms with Crippen LogP contribution in [0.3, 0.4) is 0 Å². The van der Waals surface area contributed by atoms with E-state index in [0.717, 1.165) is 19.2 Å². The van der Waals surface area contributed by atoms with E-state index in [-0.39, 0.29) is 47.9 Å². The highest BCUT2D eigenvalue weighted by molar-refractivity contribution is 6.45. The van der Waals surface area contributed by atoms with Gasteiger partial charge in [0.25, 0.3) is 0 Å². The first-order valence-electron chi connectivity index (χ1n) is 10.3. The molecule has 8 heteroatoms. The average molecular weight is 398 g/mol. The second kappa shape index (κ2) is 8.60. The lowest BCUT2D eigenvalue weighted by molar-refractivity contribution is -0.152. The Kier molecular flexibility index (Phi) is 7.25. The Morgan fingerprint density at radius 1 is 1.21 bits per heavy atom. The highest BCUT2D eigenvalue weighted by atomic mass is 16.7. The maximum atomic E-state index is 12.5. The van der Waals surface area contributed by atoms with Crippen molar-refractivity contribution in [1.29, 1.82) is 0 Å². The lowest BCUT2D eigenvalue weighted by atomic mass is 9.79. The summed E-state index contributed by atoms with van der Waals surface area (Å²) in [5.74, 6) is -0.218. The van der Waals surface area contributed by atoms with Crippen LogP contribution in [-0.4, -0.2) is 67.3 Å². The van der Waals surface area contributed by atoms with Gasteiger partial charge in [-0.05, 0) is 61.2 Å². The van der Waals surface area contributed by atoms with Crippen molar-refractivity contribution in [2.45, 2.75) is 96.5 Å². The maximum Gasteiger partial charge on any atom is 0.457 e. The molecule has 0 radical (unpaired) electrons. The van der Waals surface area contributed by atoms with E-state index >= 15 is 0 Å². The van der Waals surface area contributed by atoms with Gasteiger partial charge in [-0.3, -0.25) is 9.69 Å². The fourth-order valence-electron chi connectivity index (χ4n) is 3.85. The van der Waals surface area contributed by atoms with Gasteiger partial charge in [-0.25, -0.2) is 0 Å². The van der Waals surface area contributed by atoms with Crippen LogP contribution in [-0.2, 0) is 23.6 Å². The number of hydrogen-bond donors (Lipinski definition) is 1. The third kappa shape index (κ3) is 5.48.